The highest BCUT2D eigenvalue weighted by molar-refractivity contribution is 5.94. The molecule has 0 aromatic carbocycles. The topological polar surface area (TPSA) is 102 Å². The van der Waals surface area contributed by atoms with Crippen LogP contribution in [0, 0.1) is 6.92 Å². The fourth-order valence-electron chi connectivity index (χ4n) is 2.28. The molecule has 2 aromatic rings. The Morgan fingerprint density at radius 1 is 1.33 bits per heavy atom. The molecule has 0 saturated heterocycles. The summed E-state index contributed by atoms with van der Waals surface area (Å²) < 4.78 is 10.8. The van der Waals surface area contributed by atoms with E-state index in [1.807, 2.05) is 13.0 Å². The molecule has 1 amide bonds. The molecule has 0 aliphatic rings. The molecule has 24 heavy (non-hydrogen) atoms. The van der Waals surface area contributed by atoms with Gasteiger partial charge in [0, 0.05) is 13.5 Å². The summed E-state index contributed by atoms with van der Waals surface area (Å²) in [6.07, 6.45) is 0.755. The number of aromatic carboxylic acids is 1. The lowest BCUT2D eigenvalue weighted by Gasteiger charge is -2.16. The van der Waals surface area contributed by atoms with Gasteiger partial charge in [0.1, 0.15) is 23.3 Å². The highest BCUT2D eigenvalue weighted by Gasteiger charge is 2.20. The van der Waals surface area contributed by atoms with E-state index in [1.54, 1.807) is 13.0 Å². The van der Waals surface area contributed by atoms with Gasteiger partial charge in [0.05, 0.1) is 17.9 Å². The van der Waals surface area contributed by atoms with Gasteiger partial charge in [0.25, 0.3) is 5.91 Å². The summed E-state index contributed by atoms with van der Waals surface area (Å²) in [5.74, 6) is -0.0838. The van der Waals surface area contributed by atoms with Crippen LogP contribution in [0.5, 0.6) is 0 Å². The number of pyridine rings is 1. The summed E-state index contributed by atoms with van der Waals surface area (Å²) >= 11 is 0. The first-order valence-electron chi connectivity index (χ1n) is 7.55. The van der Waals surface area contributed by atoms with Crippen molar-refractivity contribution in [3.8, 4) is 0 Å². The van der Waals surface area contributed by atoms with Crippen molar-refractivity contribution in [1.82, 2.24) is 10.3 Å². The zero-order valence-corrected chi connectivity index (χ0v) is 13.8. The summed E-state index contributed by atoms with van der Waals surface area (Å²) in [5.41, 5.74) is 0.490. The van der Waals surface area contributed by atoms with E-state index in [2.05, 4.69) is 10.3 Å². The van der Waals surface area contributed by atoms with Crippen LogP contribution in [0.25, 0.3) is 0 Å². The minimum absolute atomic E-state index is 0.0682. The second-order valence-electron chi connectivity index (χ2n) is 5.27. The largest absolute Gasteiger partial charge is 0.478 e. The molecule has 128 valence electrons. The normalized spacial score (nSPS) is 12.0. The summed E-state index contributed by atoms with van der Waals surface area (Å²) in [5, 5.41) is 11.8. The van der Waals surface area contributed by atoms with E-state index >= 15 is 0 Å². The molecule has 7 nitrogen and oxygen atoms in total. The van der Waals surface area contributed by atoms with Gasteiger partial charge in [-0.15, -0.1) is 0 Å². The average Bonchev–Trinajstić information content (AvgIpc) is 3.02. The zero-order chi connectivity index (χ0) is 17.7. The number of nitrogens with zero attached hydrogens (tertiary/aromatic N) is 1. The standard InChI is InChI=1S/C17H20N2O5/c1-4-11-5-8-15(24-11)14(9-23-3)19-16(20)13-7-6-12(17(21)22)10(2)18-13/h5-8,14H,4,9H2,1-3H3,(H,19,20)(H,21,22). The van der Waals surface area contributed by atoms with Gasteiger partial charge in [-0.05, 0) is 31.2 Å². The molecule has 0 saturated carbocycles. The molecule has 0 fully saturated rings. The maximum Gasteiger partial charge on any atom is 0.337 e. The van der Waals surface area contributed by atoms with Gasteiger partial charge in [-0.1, -0.05) is 6.92 Å². The molecular formula is C17H20N2O5. The highest BCUT2D eigenvalue weighted by Crippen LogP contribution is 2.18. The number of hydrogen-bond donors (Lipinski definition) is 2. The molecule has 2 heterocycles. The third-order valence-corrected chi connectivity index (χ3v) is 3.56. The van der Waals surface area contributed by atoms with Crippen LogP contribution >= 0.6 is 0 Å². The van der Waals surface area contributed by atoms with Gasteiger partial charge < -0.3 is 19.6 Å². The number of carbonyl (C=O) groups is 2. The van der Waals surface area contributed by atoms with Gasteiger partial charge in [-0.25, -0.2) is 9.78 Å². The monoisotopic (exact) mass is 332 g/mol. The fraction of sp³-hybridized carbons (Fsp3) is 0.353. The van der Waals surface area contributed by atoms with Crippen molar-refractivity contribution in [2.75, 3.05) is 13.7 Å². The highest BCUT2D eigenvalue weighted by atomic mass is 16.5. The Labute approximate surface area is 139 Å². The van der Waals surface area contributed by atoms with Crippen LogP contribution in [0.4, 0.5) is 0 Å². The van der Waals surface area contributed by atoms with Crippen LogP contribution in [0.15, 0.2) is 28.7 Å². The lowest BCUT2D eigenvalue weighted by molar-refractivity contribution is 0.0694. The molecule has 0 aliphatic heterocycles. The number of nitrogens with one attached hydrogen (secondary N) is 1. The molecule has 0 aliphatic carbocycles. The number of aromatic nitrogens is 1. The van der Waals surface area contributed by atoms with Crippen molar-refractivity contribution < 1.29 is 23.8 Å². The van der Waals surface area contributed by atoms with Crippen LogP contribution in [0.2, 0.25) is 0 Å². The van der Waals surface area contributed by atoms with Crippen molar-refractivity contribution in [3.63, 3.8) is 0 Å². The van der Waals surface area contributed by atoms with Gasteiger partial charge in [-0.3, -0.25) is 4.79 Å². The Kier molecular flexibility index (Phi) is 5.70. The number of carboxylic acids is 1. The maximum atomic E-state index is 12.4. The predicted molar refractivity (Wildman–Crippen MR) is 86.1 cm³/mol. The number of carboxylic acid groups (broad SMARTS) is 1. The van der Waals surface area contributed by atoms with Crippen molar-refractivity contribution in [2.45, 2.75) is 26.3 Å². The smallest absolute Gasteiger partial charge is 0.337 e. The van der Waals surface area contributed by atoms with E-state index in [4.69, 9.17) is 14.3 Å². The third-order valence-electron chi connectivity index (χ3n) is 3.56. The Bertz CT molecular complexity index is 738. The molecule has 2 rings (SSSR count). The van der Waals surface area contributed by atoms with E-state index in [0.717, 1.165) is 12.2 Å². The first-order chi connectivity index (χ1) is 11.5. The van der Waals surface area contributed by atoms with Gasteiger partial charge >= 0.3 is 5.97 Å². The number of furan rings is 1. The Morgan fingerprint density at radius 3 is 2.62 bits per heavy atom. The molecule has 7 heteroatoms. The van der Waals surface area contributed by atoms with E-state index < -0.39 is 17.9 Å². The van der Waals surface area contributed by atoms with Crippen LogP contribution in [-0.2, 0) is 11.2 Å². The van der Waals surface area contributed by atoms with Gasteiger partial charge in [-0.2, -0.15) is 0 Å². The Hall–Kier alpha value is -2.67. The first kappa shape index (κ1) is 17.7. The molecule has 2 N–H and O–H groups in total. The molecule has 1 atom stereocenters. The quantitative estimate of drug-likeness (QED) is 0.807. The van der Waals surface area contributed by atoms with Crippen LogP contribution in [-0.4, -0.2) is 35.7 Å². The summed E-state index contributed by atoms with van der Waals surface area (Å²) in [6.45, 7) is 3.77. The molecule has 2 aromatic heterocycles. The minimum atomic E-state index is -1.08. The molecule has 0 radical (unpaired) electrons. The third kappa shape index (κ3) is 3.99. The van der Waals surface area contributed by atoms with E-state index in [-0.39, 0.29) is 23.6 Å². The molecule has 0 spiro atoms. The fourth-order valence-corrected chi connectivity index (χ4v) is 2.28. The zero-order valence-electron chi connectivity index (χ0n) is 13.8. The van der Waals surface area contributed by atoms with E-state index in [9.17, 15) is 9.59 Å². The van der Waals surface area contributed by atoms with E-state index in [0.29, 0.717) is 5.76 Å². The number of rotatable bonds is 7. The minimum Gasteiger partial charge on any atom is -0.478 e. The second-order valence-corrected chi connectivity index (χ2v) is 5.27. The average molecular weight is 332 g/mol. The van der Waals surface area contributed by atoms with Crippen LogP contribution < -0.4 is 5.32 Å². The number of aryl methyl sites for hydroxylation is 2. The van der Waals surface area contributed by atoms with Crippen LogP contribution in [0.3, 0.4) is 0 Å². The second kappa shape index (κ2) is 7.74. The number of methoxy groups -OCH3 is 1. The SMILES string of the molecule is CCc1ccc(C(COC)NC(=O)c2ccc(C(=O)O)c(C)n2)o1. The van der Waals surface area contributed by atoms with Crippen molar-refractivity contribution in [3.05, 3.63) is 52.7 Å². The molecule has 1 unspecified atom stereocenters. The lowest BCUT2D eigenvalue weighted by Crippen LogP contribution is -2.32. The van der Waals surface area contributed by atoms with Crippen molar-refractivity contribution >= 4 is 11.9 Å². The number of hydrogen-bond acceptors (Lipinski definition) is 5. The summed E-state index contributed by atoms with van der Waals surface area (Å²) in [4.78, 5) is 27.5. The lowest BCUT2D eigenvalue weighted by atomic mass is 10.1. The number of amides is 1. The Balaban J connectivity index is 2.18. The molecule has 0 bridgehead atoms. The van der Waals surface area contributed by atoms with Crippen molar-refractivity contribution in [2.24, 2.45) is 0 Å². The van der Waals surface area contributed by atoms with Gasteiger partial charge in [0.15, 0.2) is 0 Å². The molecular weight excluding hydrogens is 312 g/mol. The maximum absolute atomic E-state index is 12.4. The predicted octanol–water partition coefficient (Wildman–Crippen LogP) is 2.36. The Morgan fingerprint density at radius 2 is 2.08 bits per heavy atom. The first-order valence-corrected chi connectivity index (χ1v) is 7.55. The number of ether oxygens (including phenoxy) is 1. The summed E-state index contributed by atoms with van der Waals surface area (Å²) in [7, 11) is 1.53. The number of carbonyl (C=O) groups excluding carboxylic acids is 1. The summed E-state index contributed by atoms with van der Waals surface area (Å²) in [6, 6.07) is 5.95. The van der Waals surface area contributed by atoms with Gasteiger partial charge in [0.2, 0.25) is 0 Å². The van der Waals surface area contributed by atoms with E-state index in [1.165, 1.54) is 19.2 Å². The van der Waals surface area contributed by atoms with Crippen molar-refractivity contribution in [1.29, 1.82) is 0 Å². The van der Waals surface area contributed by atoms with Crippen LogP contribution in [0.1, 0.15) is 51.0 Å².